The van der Waals surface area contributed by atoms with Gasteiger partial charge in [-0.25, -0.2) is 0 Å². The first-order valence-corrected chi connectivity index (χ1v) is 10.3. The zero-order valence-corrected chi connectivity index (χ0v) is 17.4. The maximum Gasteiger partial charge on any atom is 0.256 e. The summed E-state index contributed by atoms with van der Waals surface area (Å²) in [7, 11) is 1.57. The fourth-order valence-corrected chi connectivity index (χ4v) is 4.06. The fraction of sp³-hybridized carbons (Fsp3) is 0.348. The first kappa shape index (κ1) is 20.7. The lowest BCUT2D eigenvalue weighted by Crippen LogP contribution is -2.48. The minimum absolute atomic E-state index is 0.151. The first-order valence-electron chi connectivity index (χ1n) is 10.3. The number of nitrogens with zero attached hydrogens (tertiary/aromatic N) is 2. The van der Waals surface area contributed by atoms with Gasteiger partial charge in [0, 0.05) is 6.54 Å². The van der Waals surface area contributed by atoms with Crippen LogP contribution in [0.2, 0.25) is 0 Å². The molecular weight excluding hydrogens is 398 g/mol. The van der Waals surface area contributed by atoms with Crippen LogP contribution in [0.5, 0.6) is 11.5 Å². The molecule has 8 heteroatoms. The van der Waals surface area contributed by atoms with E-state index in [1.165, 1.54) is 4.90 Å². The first-order chi connectivity index (χ1) is 15.1. The number of benzene rings is 2. The van der Waals surface area contributed by atoms with Crippen LogP contribution in [0, 0.1) is 0 Å². The van der Waals surface area contributed by atoms with Crippen LogP contribution in [0.15, 0.2) is 48.5 Å². The molecule has 0 spiro atoms. The van der Waals surface area contributed by atoms with Gasteiger partial charge in [0.25, 0.3) is 5.91 Å². The lowest BCUT2D eigenvalue weighted by molar-refractivity contribution is -0.125. The number of methoxy groups -OCH3 is 1. The lowest BCUT2D eigenvalue weighted by atomic mass is 10.1. The van der Waals surface area contributed by atoms with E-state index in [1.54, 1.807) is 48.4 Å². The summed E-state index contributed by atoms with van der Waals surface area (Å²) < 4.78 is 10.9. The van der Waals surface area contributed by atoms with Crippen molar-refractivity contribution in [3.63, 3.8) is 0 Å². The van der Waals surface area contributed by atoms with Crippen LogP contribution in [-0.4, -0.2) is 62.0 Å². The Balaban J connectivity index is 1.40. The zero-order valence-electron chi connectivity index (χ0n) is 17.4. The molecule has 162 valence electrons. The van der Waals surface area contributed by atoms with E-state index in [4.69, 9.17) is 9.47 Å². The molecule has 2 heterocycles. The van der Waals surface area contributed by atoms with Crippen LogP contribution in [0.3, 0.4) is 0 Å². The minimum atomic E-state index is -0.512. The molecule has 0 saturated carbocycles. The van der Waals surface area contributed by atoms with Crippen LogP contribution in [0.25, 0.3) is 0 Å². The standard InChI is InChI=1S/C23H25N3O5/c1-30-19-10-4-5-11-20(19)31-14-12-24-21(27)15-26-17-8-3-2-7-16(17)22(28)25-13-6-9-18(25)23(26)29/h2-5,7-8,10-11,18H,6,9,12-15H2,1H3,(H,24,27)/t18-/m0/s1. The van der Waals surface area contributed by atoms with Gasteiger partial charge in [0.2, 0.25) is 11.8 Å². The number of hydrogen-bond donors (Lipinski definition) is 1. The van der Waals surface area contributed by atoms with Crippen molar-refractivity contribution >= 4 is 23.4 Å². The van der Waals surface area contributed by atoms with Gasteiger partial charge in [-0.05, 0) is 37.1 Å². The Morgan fingerprint density at radius 3 is 2.65 bits per heavy atom. The Morgan fingerprint density at radius 1 is 1.10 bits per heavy atom. The maximum absolute atomic E-state index is 13.2. The zero-order chi connectivity index (χ0) is 21.8. The third-order valence-corrected chi connectivity index (χ3v) is 5.54. The monoisotopic (exact) mass is 423 g/mol. The van der Waals surface area contributed by atoms with Crippen LogP contribution in [-0.2, 0) is 9.59 Å². The van der Waals surface area contributed by atoms with Crippen LogP contribution >= 0.6 is 0 Å². The highest BCUT2D eigenvalue weighted by molar-refractivity contribution is 6.12. The van der Waals surface area contributed by atoms with Gasteiger partial charge in [-0.2, -0.15) is 0 Å². The Kier molecular flexibility index (Phi) is 6.06. The van der Waals surface area contributed by atoms with Crippen LogP contribution in [0.4, 0.5) is 5.69 Å². The van der Waals surface area contributed by atoms with Gasteiger partial charge in [-0.1, -0.05) is 24.3 Å². The van der Waals surface area contributed by atoms with Crippen molar-refractivity contribution in [3.05, 3.63) is 54.1 Å². The predicted octanol–water partition coefficient (Wildman–Crippen LogP) is 1.84. The molecule has 31 heavy (non-hydrogen) atoms. The Hall–Kier alpha value is -3.55. The van der Waals surface area contributed by atoms with Gasteiger partial charge in [-0.3, -0.25) is 14.4 Å². The predicted molar refractivity (Wildman–Crippen MR) is 114 cm³/mol. The van der Waals surface area contributed by atoms with Crippen molar-refractivity contribution in [1.29, 1.82) is 0 Å². The third-order valence-electron chi connectivity index (χ3n) is 5.54. The third kappa shape index (κ3) is 4.19. The molecule has 1 saturated heterocycles. The van der Waals surface area contributed by atoms with E-state index < -0.39 is 6.04 Å². The Bertz CT molecular complexity index is 993. The van der Waals surface area contributed by atoms with Gasteiger partial charge < -0.3 is 24.6 Å². The molecule has 1 atom stereocenters. The minimum Gasteiger partial charge on any atom is -0.493 e. The van der Waals surface area contributed by atoms with Crippen LogP contribution < -0.4 is 19.7 Å². The maximum atomic E-state index is 13.2. The number of ether oxygens (including phenoxy) is 2. The molecule has 2 aliphatic rings. The highest BCUT2D eigenvalue weighted by atomic mass is 16.5. The molecule has 1 fully saturated rings. The quantitative estimate of drug-likeness (QED) is 0.687. The molecule has 0 bridgehead atoms. The summed E-state index contributed by atoms with van der Waals surface area (Å²) >= 11 is 0. The number of fused-ring (bicyclic) bond motifs is 2. The van der Waals surface area contributed by atoms with Crippen molar-refractivity contribution in [2.45, 2.75) is 18.9 Å². The molecular formula is C23H25N3O5. The van der Waals surface area contributed by atoms with E-state index in [1.807, 2.05) is 12.1 Å². The molecule has 4 rings (SSSR count). The average molecular weight is 423 g/mol. The molecule has 0 unspecified atom stereocenters. The smallest absolute Gasteiger partial charge is 0.256 e. The van der Waals surface area contributed by atoms with Crippen molar-refractivity contribution in [1.82, 2.24) is 10.2 Å². The molecule has 3 amide bonds. The summed E-state index contributed by atoms with van der Waals surface area (Å²) in [6.07, 6.45) is 1.40. The van der Waals surface area contributed by atoms with Gasteiger partial charge in [0.05, 0.1) is 24.9 Å². The summed E-state index contributed by atoms with van der Waals surface area (Å²) in [4.78, 5) is 41.7. The normalized spacial score (nSPS) is 17.6. The summed E-state index contributed by atoms with van der Waals surface area (Å²) in [6, 6.07) is 13.7. The Morgan fingerprint density at radius 2 is 1.84 bits per heavy atom. The van der Waals surface area contributed by atoms with Crippen molar-refractivity contribution in [2.24, 2.45) is 0 Å². The molecule has 0 aliphatic carbocycles. The number of carbonyl (C=O) groups is 3. The van der Waals surface area contributed by atoms with Gasteiger partial charge in [-0.15, -0.1) is 0 Å². The van der Waals surface area contributed by atoms with E-state index in [0.29, 0.717) is 35.7 Å². The van der Waals surface area contributed by atoms with E-state index in [2.05, 4.69) is 5.32 Å². The molecule has 8 nitrogen and oxygen atoms in total. The summed E-state index contributed by atoms with van der Waals surface area (Å²) in [5.41, 5.74) is 0.930. The van der Waals surface area contributed by atoms with E-state index >= 15 is 0 Å². The van der Waals surface area contributed by atoms with Crippen molar-refractivity contribution in [2.75, 3.05) is 38.3 Å². The largest absolute Gasteiger partial charge is 0.493 e. The second kappa shape index (κ2) is 9.07. The molecule has 2 aromatic rings. The summed E-state index contributed by atoms with van der Waals surface area (Å²) in [5.74, 6) is 0.531. The van der Waals surface area contributed by atoms with Crippen molar-refractivity contribution < 1.29 is 23.9 Å². The Labute approximate surface area is 180 Å². The topological polar surface area (TPSA) is 88.2 Å². The number of carbonyl (C=O) groups excluding carboxylic acids is 3. The lowest BCUT2D eigenvalue weighted by Gasteiger charge is -2.25. The van der Waals surface area contributed by atoms with Gasteiger partial charge >= 0.3 is 0 Å². The second-order valence-corrected chi connectivity index (χ2v) is 7.45. The molecule has 1 N–H and O–H groups in total. The average Bonchev–Trinajstić information content (AvgIpc) is 3.27. The van der Waals surface area contributed by atoms with E-state index in [9.17, 15) is 14.4 Å². The number of nitrogens with one attached hydrogen (secondary N) is 1. The second-order valence-electron chi connectivity index (χ2n) is 7.45. The SMILES string of the molecule is COc1ccccc1OCCNC(=O)CN1C(=O)[C@@H]2CCCN2C(=O)c2ccccc21. The van der Waals surface area contributed by atoms with Crippen molar-refractivity contribution in [3.8, 4) is 11.5 Å². The molecule has 0 radical (unpaired) electrons. The molecule has 0 aromatic heterocycles. The molecule has 2 aliphatic heterocycles. The number of amides is 3. The van der Waals surface area contributed by atoms with E-state index in [0.717, 1.165) is 6.42 Å². The number of rotatable bonds is 7. The summed E-state index contributed by atoms with van der Waals surface area (Å²) in [6.45, 7) is 0.937. The fourth-order valence-electron chi connectivity index (χ4n) is 4.06. The van der Waals surface area contributed by atoms with Crippen LogP contribution in [0.1, 0.15) is 23.2 Å². The van der Waals surface area contributed by atoms with E-state index in [-0.39, 0.29) is 37.4 Å². The highest BCUT2D eigenvalue weighted by Crippen LogP contribution is 2.32. The number of para-hydroxylation sites is 3. The highest BCUT2D eigenvalue weighted by Gasteiger charge is 2.42. The van der Waals surface area contributed by atoms with Gasteiger partial charge in [0.15, 0.2) is 11.5 Å². The number of hydrogen-bond acceptors (Lipinski definition) is 5. The number of anilines is 1. The van der Waals surface area contributed by atoms with Gasteiger partial charge in [0.1, 0.15) is 19.2 Å². The molecule has 2 aromatic carbocycles. The summed E-state index contributed by atoms with van der Waals surface area (Å²) in [5, 5.41) is 2.78.